The standard InChI is InChI=1S/C30H38O10/c1-11-14(2)30(33)40-25-16(4)15(3)24(39-17(5)31)18-12-20(32)26(35-7)28(37-9)22(18)23-19(25)13-21(34-6)27(36-8)29(23)38-10/h11-13,15-16,24-25,32H,1-10H3. The molecule has 1 aliphatic rings. The molecule has 0 aliphatic heterocycles. The zero-order valence-corrected chi connectivity index (χ0v) is 24.7. The molecular formula is C30H38O10. The fourth-order valence-electron chi connectivity index (χ4n) is 5.14. The molecule has 0 saturated carbocycles. The predicted octanol–water partition coefficient (Wildman–Crippen LogP) is 5.54. The molecule has 0 fully saturated rings. The van der Waals surface area contributed by atoms with E-state index in [4.69, 9.17) is 33.2 Å². The van der Waals surface area contributed by atoms with E-state index in [0.29, 0.717) is 33.6 Å². The van der Waals surface area contributed by atoms with E-state index in [9.17, 15) is 14.7 Å². The number of methoxy groups -OCH3 is 5. The lowest BCUT2D eigenvalue weighted by Crippen LogP contribution is -2.31. The summed E-state index contributed by atoms with van der Waals surface area (Å²) in [5.41, 5.74) is 2.28. The van der Waals surface area contributed by atoms with Crippen molar-refractivity contribution in [1.82, 2.24) is 0 Å². The number of aromatic hydroxyl groups is 1. The Kier molecular flexibility index (Phi) is 9.44. The molecule has 0 radical (unpaired) electrons. The second-order valence-electron chi connectivity index (χ2n) is 9.58. The fourth-order valence-corrected chi connectivity index (χ4v) is 5.14. The molecule has 0 heterocycles. The average molecular weight is 559 g/mol. The van der Waals surface area contributed by atoms with Crippen LogP contribution in [0, 0.1) is 11.8 Å². The molecular weight excluding hydrogens is 520 g/mol. The maximum Gasteiger partial charge on any atom is 0.333 e. The first-order valence-corrected chi connectivity index (χ1v) is 12.8. The van der Waals surface area contributed by atoms with E-state index in [1.165, 1.54) is 48.5 Å². The van der Waals surface area contributed by atoms with Gasteiger partial charge in [-0.1, -0.05) is 19.9 Å². The first-order chi connectivity index (χ1) is 19.0. The van der Waals surface area contributed by atoms with E-state index in [2.05, 4.69) is 0 Å². The highest BCUT2D eigenvalue weighted by molar-refractivity contribution is 5.91. The van der Waals surface area contributed by atoms with Crippen LogP contribution < -0.4 is 23.7 Å². The molecule has 0 amide bonds. The van der Waals surface area contributed by atoms with Gasteiger partial charge in [-0.25, -0.2) is 4.79 Å². The second-order valence-corrected chi connectivity index (χ2v) is 9.58. The van der Waals surface area contributed by atoms with Crippen molar-refractivity contribution in [1.29, 1.82) is 0 Å². The van der Waals surface area contributed by atoms with Crippen LogP contribution in [0.15, 0.2) is 23.8 Å². The van der Waals surface area contributed by atoms with Crippen molar-refractivity contribution in [2.45, 2.75) is 46.8 Å². The maximum atomic E-state index is 13.2. The highest BCUT2D eigenvalue weighted by atomic mass is 16.6. The van der Waals surface area contributed by atoms with Gasteiger partial charge in [0.2, 0.25) is 11.5 Å². The van der Waals surface area contributed by atoms with Crippen molar-refractivity contribution < 1.29 is 47.9 Å². The third kappa shape index (κ3) is 5.22. The number of phenols is 1. The highest BCUT2D eigenvalue weighted by Gasteiger charge is 2.43. The average Bonchev–Trinajstić information content (AvgIpc) is 2.94. The molecule has 0 spiro atoms. The van der Waals surface area contributed by atoms with Crippen LogP contribution >= 0.6 is 0 Å². The van der Waals surface area contributed by atoms with Gasteiger partial charge in [0.05, 0.1) is 35.5 Å². The summed E-state index contributed by atoms with van der Waals surface area (Å²) in [6.07, 6.45) is -0.0525. The Labute approximate surface area is 234 Å². The summed E-state index contributed by atoms with van der Waals surface area (Å²) in [6, 6.07) is 3.22. The van der Waals surface area contributed by atoms with Crippen LogP contribution in [-0.2, 0) is 19.1 Å². The minimum absolute atomic E-state index is 0.0604. The summed E-state index contributed by atoms with van der Waals surface area (Å²) < 4.78 is 40.7. The lowest BCUT2D eigenvalue weighted by molar-refractivity contribution is -0.157. The van der Waals surface area contributed by atoms with Crippen LogP contribution in [0.2, 0.25) is 0 Å². The smallest absolute Gasteiger partial charge is 0.333 e. The normalized spacial score (nSPS) is 20.2. The molecule has 2 aromatic rings. The number of fused-ring (bicyclic) bond motifs is 3. The summed E-state index contributed by atoms with van der Waals surface area (Å²) in [6.45, 7) is 8.53. The van der Waals surface area contributed by atoms with Gasteiger partial charge in [-0.05, 0) is 26.0 Å². The van der Waals surface area contributed by atoms with Gasteiger partial charge in [-0.3, -0.25) is 4.79 Å². The summed E-state index contributed by atoms with van der Waals surface area (Å²) in [7, 11) is 7.28. The zero-order chi connectivity index (χ0) is 29.9. The van der Waals surface area contributed by atoms with E-state index >= 15 is 0 Å². The number of ether oxygens (including phenoxy) is 7. The number of hydrogen-bond acceptors (Lipinski definition) is 10. The van der Waals surface area contributed by atoms with E-state index in [0.717, 1.165) is 0 Å². The highest BCUT2D eigenvalue weighted by Crippen LogP contribution is 2.59. The number of allylic oxidation sites excluding steroid dienone is 1. The number of benzene rings is 2. The van der Waals surface area contributed by atoms with Crippen molar-refractivity contribution in [2.75, 3.05) is 35.5 Å². The Morgan fingerprint density at radius 2 is 1.20 bits per heavy atom. The van der Waals surface area contributed by atoms with Gasteiger partial charge >= 0.3 is 11.9 Å². The van der Waals surface area contributed by atoms with E-state index in [1.54, 1.807) is 26.0 Å². The topological polar surface area (TPSA) is 119 Å². The molecule has 4 unspecified atom stereocenters. The van der Waals surface area contributed by atoms with Crippen molar-refractivity contribution in [3.05, 3.63) is 34.9 Å². The van der Waals surface area contributed by atoms with Crippen LogP contribution in [0.1, 0.15) is 58.0 Å². The van der Waals surface area contributed by atoms with Gasteiger partial charge in [0.15, 0.2) is 23.0 Å². The lowest BCUT2D eigenvalue weighted by atomic mass is 9.74. The quantitative estimate of drug-likeness (QED) is 0.327. The summed E-state index contributed by atoms with van der Waals surface area (Å²) >= 11 is 0. The molecule has 0 saturated heterocycles. The number of carbonyl (C=O) groups is 2. The number of esters is 2. The largest absolute Gasteiger partial charge is 0.504 e. The van der Waals surface area contributed by atoms with E-state index in [-0.39, 0.29) is 28.7 Å². The van der Waals surface area contributed by atoms with Crippen molar-refractivity contribution in [3.8, 4) is 45.6 Å². The first-order valence-electron chi connectivity index (χ1n) is 12.8. The van der Waals surface area contributed by atoms with Gasteiger partial charge in [0.25, 0.3) is 0 Å². The van der Waals surface area contributed by atoms with Gasteiger partial charge in [0.1, 0.15) is 12.2 Å². The van der Waals surface area contributed by atoms with Crippen molar-refractivity contribution in [3.63, 3.8) is 0 Å². The van der Waals surface area contributed by atoms with Crippen LogP contribution in [0.4, 0.5) is 0 Å². The predicted molar refractivity (Wildman–Crippen MR) is 147 cm³/mol. The second kappa shape index (κ2) is 12.4. The minimum Gasteiger partial charge on any atom is -0.504 e. The molecule has 1 N–H and O–H groups in total. The third-order valence-electron chi connectivity index (χ3n) is 7.44. The molecule has 3 rings (SSSR count). The summed E-state index contributed by atoms with van der Waals surface area (Å²) in [5.74, 6) is -0.926. The monoisotopic (exact) mass is 558 g/mol. The molecule has 0 aromatic heterocycles. The van der Waals surface area contributed by atoms with Crippen LogP contribution in [0.25, 0.3) is 11.1 Å². The van der Waals surface area contributed by atoms with Crippen molar-refractivity contribution >= 4 is 11.9 Å². The number of rotatable bonds is 8. The molecule has 0 bridgehead atoms. The molecule has 218 valence electrons. The number of phenolic OH excluding ortho intramolecular Hbond substituents is 1. The number of hydrogen-bond donors (Lipinski definition) is 1. The first kappa shape index (κ1) is 30.5. The lowest BCUT2D eigenvalue weighted by Gasteiger charge is -2.39. The van der Waals surface area contributed by atoms with Crippen LogP contribution in [-0.4, -0.2) is 52.6 Å². The summed E-state index contributed by atoms with van der Waals surface area (Å²) in [5, 5.41) is 11.0. The minimum atomic E-state index is -0.872. The van der Waals surface area contributed by atoms with Crippen molar-refractivity contribution in [2.24, 2.45) is 11.8 Å². The van der Waals surface area contributed by atoms with E-state index in [1.807, 2.05) is 13.8 Å². The van der Waals surface area contributed by atoms with Gasteiger partial charge in [0, 0.05) is 46.6 Å². The molecule has 4 atom stereocenters. The van der Waals surface area contributed by atoms with E-state index < -0.39 is 36.0 Å². The Bertz CT molecular complexity index is 1310. The zero-order valence-electron chi connectivity index (χ0n) is 24.7. The van der Waals surface area contributed by atoms with Gasteiger partial charge in [-0.2, -0.15) is 0 Å². The van der Waals surface area contributed by atoms with Gasteiger partial charge in [-0.15, -0.1) is 0 Å². The summed E-state index contributed by atoms with van der Waals surface area (Å²) in [4.78, 5) is 25.5. The Morgan fingerprint density at radius 3 is 1.65 bits per heavy atom. The maximum absolute atomic E-state index is 13.2. The molecule has 1 aliphatic carbocycles. The molecule has 40 heavy (non-hydrogen) atoms. The molecule has 10 nitrogen and oxygen atoms in total. The Hall–Kier alpha value is -4.08. The Morgan fingerprint density at radius 1 is 0.725 bits per heavy atom. The fraction of sp³-hybridized carbons (Fsp3) is 0.467. The molecule has 2 aromatic carbocycles. The molecule has 10 heteroatoms. The SMILES string of the molecule is CC=C(C)C(=O)OC1c2cc(OC)c(OC)c(OC)c2-c2c(cc(O)c(OC)c2OC)C(OC(C)=O)C(C)C1C. The van der Waals surface area contributed by atoms with Gasteiger partial charge < -0.3 is 38.3 Å². The Balaban J connectivity index is 2.64. The van der Waals surface area contributed by atoms with Crippen LogP contribution in [0.5, 0.6) is 34.5 Å². The number of carbonyl (C=O) groups excluding carboxylic acids is 2. The van der Waals surface area contributed by atoms with Crippen LogP contribution in [0.3, 0.4) is 0 Å². The third-order valence-corrected chi connectivity index (χ3v) is 7.44.